The lowest BCUT2D eigenvalue weighted by molar-refractivity contribution is 0.255. The number of anilines is 1. The molecule has 1 N–H and O–H groups in total. The number of hydrogen-bond donors (Lipinski definition) is 1. The van der Waals surface area contributed by atoms with Crippen LogP contribution in [0.15, 0.2) is 63.7 Å². The van der Waals surface area contributed by atoms with Crippen LogP contribution < -0.4 is 10.1 Å². The molecule has 0 fully saturated rings. The fourth-order valence-corrected chi connectivity index (χ4v) is 3.51. The molecule has 1 aliphatic heterocycles. The van der Waals surface area contributed by atoms with Gasteiger partial charge in [0.25, 0.3) is 0 Å². The predicted molar refractivity (Wildman–Crippen MR) is 113 cm³/mol. The zero-order valence-corrected chi connectivity index (χ0v) is 17.2. The third-order valence-corrected chi connectivity index (χ3v) is 5.21. The minimum absolute atomic E-state index is 0.363. The van der Waals surface area contributed by atoms with Gasteiger partial charge < -0.3 is 10.1 Å². The summed E-state index contributed by atoms with van der Waals surface area (Å²) in [5.41, 5.74) is 4.61. The Morgan fingerprint density at radius 1 is 1.19 bits per heavy atom. The van der Waals surface area contributed by atoms with Crippen LogP contribution in [0.4, 0.5) is 5.69 Å². The molecular formula is C20H17BrN4OS. The van der Waals surface area contributed by atoms with Gasteiger partial charge in [-0.3, -0.25) is 0 Å². The third-order valence-electron chi connectivity index (χ3n) is 4.18. The molecule has 0 amide bonds. The Labute approximate surface area is 170 Å². The molecule has 0 radical (unpaired) electrons. The smallest absolute Gasteiger partial charge is 0.247 e. The van der Waals surface area contributed by atoms with Crippen LogP contribution in [0.1, 0.15) is 12.5 Å². The second-order valence-corrected chi connectivity index (χ2v) is 7.77. The van der Waals surface area contributed by atoms with Gasteiger partial charge in [0.1, 0.15) is 0 Å². The van der Waals surface area contributed by atoms with Gasteiger partial charge in [-0.25, -0.2) is 0 Å². The molecule has 136 valence electrons. The van der Waals surface area contributed by atoms with Crippen molar-refractivity contribution in [2.24, 2.45) is 0 Å². The van der Waals surface area contributed by atoms with E-state index in [2.05, 4.69) is 54.6 Å². The van der Waals surface area contributed by atoms with Crippen LogP contribution >= 0.6 is 27.7 Å². The van der Waals surface area contributed by atoms with E-state index in [0.29, 0.717) is 16.7 Å². The van der Waals surface area contributed by atoms with Crippen molar-refractivity contribution in [1.29, 1.82) is 0 Å². The molecule has 3 aromatic rings. The lowest BCUT2D eigenvalue weighted by Crippen LogP contribution is -2.27. The minimum atomic E-state index is -0.363. The Kier molecular flexibility index (Phi) is 5.13. The highest BCUT2D eigenvalue weighted by Gasteiger charge is 2.26. The number of halogens is 1. The molecular weight excluding hydrogens is 424 g/mol. The van der Waals surface area contributed by atoms with E-state index in [4.69, 9.17) is 4.74 Å². The first-order chi connectivity index (χ1) is 13.1. The maximum Gasteiger partial charge on any atom is 0.247 e. The van der Waals surface area contributed by atoms with E-state index in [1.54, 1.807) is 0 Å². The Morgan fingerprint density at radius 2 is 2.00 bits per heavy atom. The number of thioether (sulfide) groups is 1. The Bertz CT molecular complexity index is 1010. The van der Waals surface area contributed by atoms with Crippen molar-refractivity contribution in [2.45, 2.75) is 18.3 Å². The summed E-state index contributed by atoms with van der Waals surface area (Å²) in [6, 6.07) is 16.2. The molecule has 0 aliphatic carbocycles. The highest BCUT2D eigenvalue weighted by Crippen LogP contribution is 2.38. The number of ether oxygens (including phenoxy) is 1. The van der Waals surface area contributed by atoms with Gasteiger partial charge in [-0.1, -0.05) is 64.1 Å². The summed E-state index contributed by atoms with van der Waals surface area (Å²) in [6.07, 6.45) is 3.66. The SMILES string of the molecule is CSc1nnc2c(n1)OC(C(C)=Cc1ccccc1)Nc1ccc(Br)cc1-2. The lowest BCUT2D eigenvalue weighted by atomic mass is 10.1. The molecule has 1 aromatic heterocycles. The molecule has 2 heterocycles. The van der Waals surface area contributed by atoms with Crippen LogP contribution in [0, 0.1) is 0 Å². The van der Waals surface area contributed by atoms with Gasteiger partial charge in [0.05, 0.1) is 0 Å². The predicted octanol–water partition coefficient (Wildman–Crippen LogP) is 5.26. The number of rotatable bonds is 3. The summed E-state index contributed by atoms with van der Waals surface area (Å²) >= 11 is 4.97. The maximum absolute atomic E-state index is 6.23. The van der Waals surface area contributed by atoms with Crippen LogP contribution in [0.25, 0.3) is 17.3 Å². The number of hydrogen-bond acceptors (Lipinski definition) is 6. The fourth-order valence-electron chi connectivity index (χ4n) is 2.85. The molecule has 5 nitrogen and oxygen atoms in total. The molecule has 7 heteroatoms. The van der Waals surface area contributed by atoms with Gasteiger partial charge in [0.2, 0.25) is 11.0 Å². The molecule has 0 saturated carbocycles. The topological polar surface area (TPSA) is 59.9 Å². The monoisotopic (exact) mass is 440 g/mol. The summed E-state index contributed by atoms with van der Waals surface area (Å²) in [7, 11) is 0. The van der Waals surface area contributed by atoms with Crippen LogP contribution in [0.2, 0.25) is 0 Å². The van der Waals surface area contributed by atoms with Crippen molar-refractivity contribution in [2.75, 3.05) is 11.6 Å². The van der Waals surface area contributed by atoms with E-state index in [-0.39, 0.29) is 6.23 Å². The quantitative estimate of drug-likeness (QED) is 0.560. The van der Waals surface area contributed by atoms with Crippen molar-refractivity contribution in [3.63, 3.8) is 0 Å². The van der Waals surface area contributed by atoms with Crippen LogP contribution in [0.3, 0.4) is 0 Å². The molecule has 1 unspecified atom stereocenters. The number of benzene rings is 2. The highest BCUT2D eigenvalue weighted by molar-refractivity contribution is 9.10. The molecule has 1 atom stereocenters. The van der Waals surface area contributed by atoms with E-state index in [0.717, 1.165) is 26.9 Å². The van der Waals surface area contributed by atoms with E-state index < -0.39 is 0 Å². The van der Waals surface area contributed by atoms with E-state index in [1.165, 1.54) is 11.8 Å². The summed E-state index contributed by atoms with van der Waals surface area (Å²) in [4.78, 5) is 4.54. The van der Waals surface area contributed by atoms with Crippen LogP contribution in [0.5, 0.6) is 5.88 Å². The zero-order chi connectivity index (χ0) is 18.8. The van der Waals surface area contributed by atoms with Gasteiger partial charge in [-0.15, -0.1) is 10.2 Å². The van der Waals surface area contributed by atoms with Crippen molar-refractivity contribution in [3.05, 3.63) is 64.1 Å². The minimum Gasteiger partial charge on any atom is -0.448 e. The average Bonchev–Trinajstić information content (AvgIpc) is 2.85. The summed E-state index contributed by atoms with van der Waals surface area (Å²) in [6.45, 7) is 2.04. The van der Waals surface area contributed by atoms with Crippen molar-refractivity contribution in [1.82, 2.24) is 15.2 Å². The summed E-state index contributed by atoms with van der Waals surface area (Å²) in [5, 5.41) is 12.6. The Hall–Kier alpha value is -2.38. The second kappa shape index (κ2) is 7.70. The molecule has 0 bridgehead atoms. The average molecular weight is 441 g/mol. The largest absolute Gasteiger partial charge is 0.448 e. The fraction of sp³-hybridized carbons (Fsp3) is 0.150. The van der Waals surface area contributed by atoms with Crippen molar-refractivity contribution < 1.29 is 4.74 Å². The lowest BCUT2D eigenvalue weighted by Gasteiger charge is -2.20. The summed E-state index contributed by atoms with van der Waals surface area (Å²) < 4.78 is 7.19. The Balaban J connectivity index is 1.80. The first-order valence-electron chi connectivity index (χ1n) is 8.39. The molecule has 1 aliphatic rings. The Morgan fingerprint density at radius 3 is 2.78 bits per heavy atom. The van der Waals surface area contributed by atoms with E-state index >= 15 is 0 Å². The second-order valence-electron chi connectivity index (χ2n) is 6.08. The number of fused-ring (bicyclic) bond motifs is 3. The van der Waals surface area contributed by atoms with Crippen molar-refractivity contribution in [3.8, 4) is 17.1 Å². The zero-order valence-electron chi connectivity index (χ0n) is 14.8. The molecule has 0 spiro atoms. The number of nitrogens with zero attached hydrogens (tertiary/aromatic N) is 3. The van der Waals surface area contributed by atoms with Crippen molar-refractivity contribution >= 4 is 39.5 Å². The normalized spacial score (nSPS) is 15.8. The van der Waals surface area contributed by atoms with Gasteiger partial charge in [0, 0.05) is 15.7 Å². The first kappa shape index (κ1) is 18.0. The maximum atomic E-state index is 6.23. The third kappa shape index (κ3) is 3.84. The van der Waals surface area contributed by atoms with Gasteiger partial charge in [0.15, 0.2) is 11.9 Å². The van der Waals surface area contributed by atoms with E-state index in [9.17, 15) is 0 Å². The van der Waals surface area contributed by atoms with Crippen LogP contribution in [-0.2, 0) is 0 Å². The van der Waals surface area contributed by atoms with Gasteiger partial charge in [-0.2, -0.15) is 4.98 Å². The van der Waals surface area contributed by atoms with E-state index in [1.807, 2.05) is 49.6 Å². The first-order valence-corrected chi connectivity index (χ1v) is 10.4. The molecule has 4 rings (SSSR count). The summed E-state index contributed by atoms with van der Waals surface area (Å²) in [5.74, 6) is 0.476. The molecule has 0 saturated heterocycles. The van der Waals surface area contributed by atoms with Crippen LogP contribution in [-0.4, -0.2) is 27.7 Å². The standard InChI is InChI=1S/C20H17BrN4OS/c1-12(10-13-6-4-3-5-7-13)18-22-16-9-8-14(21)11-15(16)17-19(26-18)23-20(27-2)25-24-17/h3-11,18,22H,1-2H3. The number of nitrogens with one attached hydrogen (secondary N) is 1. The molecule has 27 heavy (non-hydrogen) atoms. The number of aromatic nitrogens is 3. The van der Waals surface area contributed by atoms with Gasteiger partial charge in [-0.05, 0) is 42.5 Å². The highest BCUT2D eigenvalue weighted by atomic mass is 79.9. The van der Waals surface area contributed by atoms with Gasteiger partial charge >= 0.3 is 0 Å². The molecule has 2 aromatic carbocycles.